The molecule has 0 saturated carbocycles. The molecule has 94 valence electrons. The van der Waals surface area contributed by atoms with Crippen LogP contribution < -0.4 is 10.5 Å². The molecular weight excluding hydrogens is 253 g/mol. The molecule has 2 nitrogen and oxygen atoms in total. The molecule has 0 bridgehead atoms. The monoisotopic (exact) mass is 265 g/mol. The van der Waals surface area contributed by atoms with E-state index in [4.69, 9.17) is 22.1 Å². The van der Waals surface area contributed by atoms with Crippen molar-refractivity contribution in [3.63, 3.8) is 0 Å². The lowest BCUT2D eigenvalue weighted by Crippen LogP contribution is -2.04. The van der Waals surface area contributed by atoms with Gasteiger partial charge in [-0.15, -0.1) is 0 Å². The highest BCUT2D eigenvalue weighted by molar-refractivity contribution is 6.30. The predicted molar refractivity (Wildman–Crippen MR) is 70.5 cm³/mol. The second-order valence-corrected chi connectivity index (χ2v) is 4.44. The molecule has 2 N–H and O–H groups in total. The second-order valence-electron chi connectivity index (χ2n) is 4.04. The summed E-state index contributed by atoms with van der Waals surface area (Å²) in [4.78, 5) is 0. The fourth-order valence-electron chi connectivity index (χ4n) is 1.52. The molecule has 0 unspecified atom stereocenters. The van der Waals surface area contributed by atoms with Gasteiger partial charge in [0.1, 0.15) is 17.3 Å². The zero-order chi connectivity index (χ0) is 13.1. The number of hydrogen-bond acceptors (Lipinski definition) is 2. The molecule has 0 amide bonds. The van der Waals surface area contributed by atoms with Crippen molar-refractivity contribution in [2.45, 2.75) is 13.0 Å². The molecule has 0 spiro atoms. The molecule has 0 aromatic heterocycles. The maximum absolute atomic E-state index is 13.2. The van der Waals surface area contributed by atoms with E-state index in [1.807, 2.05) is 19.1 Å². The van der Waals surface area contributed by atoms with Crippen LogP contribution in [0, 0.1) is 5.82 Å². The molecule has 0 aliphatic rings. The molecule has 4 heteroatoms. The molecule has 0 fully saturated rings. The summed E-state index contributed by atoms with van der Waals surface area (Å²) < 4.78 is 18.7. The summed E-state index contributed by atoms with van der Waals surface area (Å²) in [6.45, 7) is 1.91. The molecule has 0 heterocycles. The lowest BCUT2D eigenvalue weighted by molar-refractivity contribution is 0.476. The Kier molecular flexibility index (Phi) is 3.84. The number of nitrogens with two attached hydrogens (primary N) is 1. The van der Waals surface area contributed by atoms with E-state index < -0.39 is 5.82 Å². The first-order valence-electron chi connectivity index (χ1n) is 5.54. The van der Waals surface area contributed by atoms with Crippen molar-refractivity contribution in [2.75, 3.05) is 0 Å². The molecule has 0 aliphatic heterocycles. The van der Waals surface area contributed by atoms with E-state index in [9.17, 15) is 4.39 Å². The van der Waals surface area contributed by atoms with Gasteiger partial charge in [0.05, 0.1) is 5.02 Å². The smallest absolute Gasteiger partial charge is 0.145 e. The molecule has 2 aromatic carbocycles. The van der Waals surface area contributed by atoms with E-state index in [0.29, 0.717) is 11.5 Å². The van der Waals surface area contributed by atoms with Gasteiger partial charge >= 0.3 is 0 Å². The number of benzene rings is 2. The highest BCUT2D eigenvalue weighted by Gasteiger charge is 2.04. The summed E-state index contributed by atoms with van der Waals surface area (Å²) in [5.74, 6) is 0.535. The van der Waals surface area contributed by atoms with E-state index in [1.165, 1.54) is 12.1 Å². The van der Waals surface area contributed by atoms with Crippen molar-refractivity contribution in [3.05, 3.63) is 58.9 Å². The van der Waals surface area contributed by atoms with Crippen LogP contribution in [0.2, 0.25) is 5.02 Å². The molecule has 0 radical (unpaired) electrons. The third-order valence-corrected chi connectivity index (χ3v) is 2.84. The van der Waals surface area contributed by atoms with Crippen LogP contribution in [0.15, 0.2) is 42.5 Å². The quantitative estimate of drug-likeness (QED) is 0.898. The van der Waals surface area contributed by atoms with E-state index in [2.05, 4.69) is 0 Å². The summed E-state index contributed by atoms with van der Waals surface area (Å²) in [7, 11) is 0. The zero-order valence-corrected chi connectivity index (χ0v) is 10.6. The normalized spacial score (nSPS) is 12.2. The molecule has 1 atom stereocenters. The van der Waals surface area contributed by atoms with Gasteiger partial charge in [0.2, 0.25) is 0 Å². The molecule has 18 heavy (non-hydrogen) atoms. The van der Waals surface area contributed by atoms with Crippen LogP contribution in [-0.2, 0) is 0 Å². The van der Waals surface area contributed by atoms with Gasteiger partial charge in [-0.2, -0.15) is 0 Å². The fourth-order valence-corrected chi connectivity index (χ4v) is 1.63. The summed E-state index contributed by atoms with van der Waals surface area (Å²) in [6.07, 6.45) is 0. The largest absolute Gasteiger partial charge is 0.457 e. The highest BCUT2D eigenvalue weighted by Crippen LogP contribution is 2.26. The first-order valence-corrected chi connectivity index (χ1v) is 5.92. The Balaban J connectivity index is 2.15. The minimum atomic E-state index is -0.499. The zero-order valence-electron chi connectivity index (χ0n) is 9.86. The van der Waals surface area contributed by atoms with E-state index in [0.717, 1.165) is 5.56 Å². The van der Waals surface area contributed by atoms with Crippen molar-refractivity contribution in [1.29, 1.82) is 0 Å². The van der Waals surface area contributed by atoms with Gasteiger partial charge in [-0.3, -0.25) is 0 Å². The van der Waals surface area contributed by atoms with Gasteiger partial charge in [0.15, 0.2) is 0 Å². The van der Waals surface area contributed by atoms with Gasteiger partial charge in [-0.25, -0.2) is 4.39 Å². The number of ether oxygens (including phenoxy) is 1. The van der Waals surface area contributed by atoms with Crippen molar-refractivity contribution in [2.24, 2.45) is 5.73 Å². The topological polar surface area (TPSA) is 35.2 Å². The SMILES string of the molecule is C[C@H](N)c1ccc(Oc2ccc(Cl)c(F)c2)cc1. The van der Waals surface area contributed by atoms with E-state index in [-0.39, 0.29) is 11.1 Å². The van der Waals surface area contributed by atoms with Gasteiger partial charge in [0.25, 0.3) is 0 Å². The molecule has 0 aliphatic carbocycles. The lowest BCUT2D eigenvalue weighted by Gasteiger charge is -2.09. The van der Waals surface area contributed by atoms with Crippen LogP contribution in [0.25, 0.3) is 0 Å². The Labute approximate surface area is 110 Å². The predicted octanol–water partition coefficient (Wildman–Crippen LogP) is 4.29. The average Bonchev–Trinajstić information content (AvgIpc) is 2.34. The number of hydrogen-bond donors (Lipinski definition) is 1. The van der Waals surface area contributed by atoms with Crippen LogP contribution in [0.1, 0.15) is 18.5 Å². The molecular formula is C14H13ClFNO. The Morgan fingerprint density at radius 3 is 2.28 bits per heavy atom. The summed E-state index contributed by atoms with van der Waals surface area (Å²) in [5, 5.41) is 0.0784. The van der Waals surface area contributed by atoms with Crippen LogP contribution in [0.5, 0.6) is 11.5 Å². The van der Waals surface area contributed by atoms with Crippen molar-refractivity contribution in [3.8, 4) is 11.5 Å². The summed E-state index contributed by atoms with van der Waals surface area (Å²) >= 11 is 5.59. The maximum Gasteiger partial charge on any atom is 0.145 e. The molecule has 2 aromatic rings. The Hall–Kier alpha value is -1.58. The standard InChI is InChI=1S/C14H13ClFNO/c1-9(17)10-2-4-11(5-3-10)18-12-6-7-13(15)14(16)8-12/h2-9H,17H2,1H3/t9-/m0/s1. The molecule has 2 rings (SSSR count). The third-order valence-electron chi connectivity index (χ3n) is 2.53. The Morgan fingerprint density at radius 2 is 1.72 bits per heavy atom. The minimum Gasteiger partial charge on any atom is -0.457 e. The van der Waals surface area contributed by atoms with Gasteiger partial charge in [0, 0.05) is 12.1 Å². The summed E-state index contributed by atoms with van der Waals surface area (Å²) in [5.41, 5.74) is 6.77. The van der Waals surface area contributed by atoms with Crippen LogP contribution >= 0.6 is 11.6 Å². The number of halogens is 2. The third kappa shape index (κ3) is 3.00. The van der Waals surface area contributed by atoms with Gasteiger partial charge < -0.3 is 10.5 Å². The minimum absolute atomic E-state index is 0.0213. The first-order chi connectivity index (χ1) is 8.56. The van der Waals surface area contributed by atoms with Gasteiger partial charge in [-0.05, 0) is 36.8 Å². The van der Waals surface area contributed by atoms with Crippen LogP contribution in [0.3, 0.4) is 0 Å². The number of rotatable bonds is 3. The molecule has 0 saturated heterocycles. The Bertz CT molecular complexity index is 540. The lowest BCUT2D eigenvalue weighted by atomic mass is 10.1. The van der Waals surface area contributed by atoms with Crippen LogP contribution in [-0.4, -0.2) is 0 Å². The summed E-state index contributed by atoms with van der Waals surface area (Å²) in [6, 6.07) is 11.7. The van der Waals surface area contributed by atoms with Crippen molar-refractivity contribution < 1.29 is 9.13 Å². The Morgan fingerprint density at radius 1 is 1.11 bits per heavy atom. The van der Waals surface area contributed by atoms with E-state index in [1.54, 1.807) is 18.2 Å². The van der Waals surface area contributed by atoms with Crippen molar-refractivity contribution >= 4 is 11.6 Å². The first kappa shape index (κ1) is 12.9. The second kappa shape index (κ2) is 5.38. The highest BCUT2D eigenvalue weighted by atomic mass is 35.5. The van der Waals surface area contributed by atoms with Gasteiger partial charge in [-0.1, -0.05) is 23.7 Å². The average molecular weight is 266 g/mol. The fraction of sp³-hybridized carbons (Fsp3) is 0.143. The maximum atomic E-state index is 13.2. The van der Waals surface area contributed by atoms with Crippen LogP contribution in [0.4, 0.5) is 4.39 Å². The van der Waals surface area contributed by atoms with E-state index >= 15 is 0 Å². The van der Waals surface area contributed by atoms with Crippen molar-refractivity contribution in [1.82, 2.24) is 0 Å².